The number of hydrogen-bond donors (Lipinski definition) is 3. The fourth-order valence-electron chi connectivity index (χ4n) is 3.23. The van der Waals surface area contributed by atoms with Crippen molar-refractivity contribution >= 4 is 41.1 Å². The minimum absolute atomic E-state index is 0.0294. The van der Waals surface area contributed by atoms with Gasteiger partial charge in [-0.1, -0.05) is 43.5 Å². The van der Waals surface area contributed by atoms with E-state index in [1.54, 1.807) is 26.0 Å². The number of carbonyl (C=O) groups is 2. The monoisotopic (exact) mass is 526 g/mol. The van der Waals surface area contributed by atoms with Gasteiger partial charge in [0.05, 0.1) is 11.3 Å². The second kappa shape index (κ2) is 11.1. The number of amides is 2. The number of aryl methyl sites for hydroxylation is 2. The lowest BCUT2D eigenvalue weighted by atomic mass is 10.1. The highest BCUT2D eigenvalue weighted by Crippen LogP contribution is 2.31. The lowest BCUT2D eigenvalue weighted by Crippen LogP contribution is -2.33. The van der Waals surface area contributed by atoms with Crippen molar-refractivity contribution in [1.29, 1.82) is 0 Å². The Morgan fingerprint density at radius 1 is 1.17 bits per heavy atom. The smallest absolute Gasteiger partial charge is 0.320 e. The van der Waals surface area contributed by atoms with Gasteiger partial charge in [-0.15, -0.1) is 0 Å². The Morgan fingerprint density at radius 3 is 2.57 bits per heavy atom. The third kappa shape index (κ3) is 6.13. The predicted octanol–water partition coefficient (Wildman–Crippen LogP) is 4.97. The maximum Gasteiger partial charge on any atom is 0.435 e. The van der Waals surface area contributed by atoms with E-state index < -0.39 is 29.4 Å². The summed E-state index contributed by atoms with van der Waals surface area (Å²) in [6.07, 6.45) is -2.93. The standard InChI is InChI=1S/C22H22ClF3N6O2S/c1-4-13-7-6-8-27-19(13)32-16(11-17(30-32)22(24,25)26)21(34)28-18-12(3)9-14(23)10-15(18)20(33)29-31-35-5-2/h6-11,31H,4-5H2,1-3H3,(H,28,34)(H,29,33). The van der Waals surface area contributed by atoms with Crippen LogP contribution in [0.1, 0.15) is 51.5 Å². The highest BCUT2D eigenvalue weighted by Gasteiger charge is 2.36. The molecule has 0 bridgehead atoms. The molecule has 0 radical (unpaired) electrons. The molecule has 3 aromatic rings. The van der Waals surface area contributed by atoms with E-state index in [2.05, 4.69) is 25.7 Å². The van der Waals surface area contributed by atoms with Crippen LogP contribution in [-0.4, -0.2) is 32.3 Å². The first-order chi connectivity index (χ1) is 16.6. The van der Waals surface area contributed by atoms with Crippen LogP contribution in [0.5, 0.6) is 0 Å². The summed E-state index contributed by atoms with van der Waals surface area (Å²) < 4.78 is 41.3. The number of hydrazine groups is 1. The van der Waals surface area contributed by atoms with E-state index in [1.165, 1.54) is 30.3 Å². The van der Waals surface area contributed by atoms with Crippen LogP contribution in [0.2, 0.25) is 5.02 Å². The first-order valence-corrected chi connectivity index (χ1v) is 11.8. The third-order valence-electron chi connectivity index (χ3n) is 4.85. The molecule has 2 heterocycles. The number of hydrogen-bond acceptors (Lipinski definition) is 6. The molecule has 0 atom stereocenters. The van der Waals surface area contributed by atoms with Gasteiger partial charge < -0.3 is 5.32 Å². The van der Waals surface area contributed by atoms with Crippen LogP contribution >= 0.6 is 23.5 Å². The van der Waals surface area contributed by atoms with Crippen molar-refractivity contribution in [2.24, 2.45) is 0 Å². The molecule has 8 nitrogen and oxygen atoms in total. The van der Waals surface area contributed by atoms with Crippen molar-refractivity contribution < 1.29 is 22.8 Å². The third-order valence-corrected chi connectivity index (χ3v) is 5.60. The van der Waals surface area contributed by atoms with E-state index in [9.17, 15) is 22.8 Å². The SMILES string of the molecule is CCSNNC(=O)c1cc(Cl)cc(C)c1NC(=O)c1cc(C(F)(F)F)nn1-c1ncccc1CC. The number of pyridine rings is 1. The van der Waals surface area contributed by atoms with Gasteiger partial charge in [-0.2, -0.15) is 23.1 Å². The maximum absolute atomic E-state index is 13.5. The summed E-state index contributed by atoms with van der Waals surface area (Å²) in [5.74, 6) is -0.718. The molecule has 0 saturated carbocycles. The quantitative estimate of drug-likeness (QED) is 0.218. The second-order valence-corrected chi connectivity index (χ2v) is 8.76. The summed E-state index contributed by atoms with van der Waals surface area (Å²) in [4.78, 5) is 32.8. The molecule has 0 spiro atoms. The van der Waals surface area contributed by atoms with Gasteiger partial charge in [0.2, 0.25) is 0 Å². The molecule has 0 unspecified atom stereocenters. The van der Waals surface area contributed by atoms with Gasteiger partial charge in [0.1, 0.15) is 5.69 Å². The molecule has 0 saturated heterocycles. The van der Waals surface area contributed by atoms with Crippen molar-refractivity contribution in [2.45, 2.75) is 33.4 Å². The molecule has 1 aromatic carbocycles. The summed E-state index contributed by atoms with van der Waals surface area (Å²) in [5.41, 5.74) is 1.99. The molecule has 35 heavy (non-hydrogen) atoms. The predicted molar refractivity (Wildman–Crippen MR) is 129 cm³/mol. The first kappa shape index (κ1) is 26.5. The number of nitrogens with zero attached hydrogens (tertiary/aromatic N) is 3. The van der Waals surface area contributed by atoms with Crippen molar-refractivity contribution in [1.82, 2.24) is 25.0 Å². The van der Waals surface area contributed by atoms with Crippen LogP contribution in [0.3, 0.4) is 0 Å². The largest absolute Gasteiger partial charge is 0.435 e. The minimum Gasteiger partial charge on any atom is -0.320 e. The highest BCUT2D eigenvalue weighted by atomic mass is 35.5. The Morgan fingerprint density at radius 2 is 1.91 bits per heavy atom. The highest BCUT2D eigenvalue weighted by molar-refractivity contribution is 7.97. The Bertz CT molecular complexity index is 1250. The van der Waals surface area contributed by atoms with Crippen LogP contribution in [0.4, 0.5) is 18.9 Å². The number of nitrogens with one attached hydrogen (secondary N) is 3. The molecule has 0 aliphatic rings. The number of benzene rings is 1. The number of halogens is 4. The van der Waals surface area contributed by atoms with E-state index in [0.29, 0.717) is 29.4 Å². The second-order valence-electron chi connectivity index (χ2n) is 7.25. The molecular weight excluding hydrogens is 505 g/mol. The zero-order valence-corrected chi connectivity index (χ0v) is 20.5. The van der Waals surface area contributed by atoms with Crippen molar-refractivity contribution in [3.8, 4) is 5.82 Å². The van der Waals surface area contributed by atoms with Crippen LogP contribution < -0.4 is 15.6 Å². The molecule has 0 aliphatic carbocycles. The van der Waals surface area contributed by atoms with Crippen LogP contribution in [-0.2, 0) is 12.6 Å². The van der Waals surface area contributed by atoms with Crippen LogP contribution in [0.15, 0.2) is 36.5 Å². The van der Waals surface area contributed by atoms with E-state index in [4.69, 9.17) is 11.6 Å². The van der Waals surface area contributed by atoms with Crippen molar-refractivity contribution in [3.05, 3.63) is 69.6 Å². The number of anilines is 1. The number of aromatic nitrogens is 3. The maximum atomic E-state index is 13.5. The van der Waals surface area contributed by atoms with Gasteiger partial charge in [0.15, 0.2) is 11.5 Å². The Kier molecular flexibility index (Phi) is 8.41. The van der Waals surface area contributed by atoms with Crippen molar-refractivity contribution in [2.75, 3.05) is 11.1 Å². The summed E-state index contributed by atoms with van der Waals surface area (Å²) in [7, 11) is 0. The first-order valence-electron chi connectivity index (χ1n) is 10.5. The van der Waals surface area contributed by atoms with Gasteiger partial charge in [-0.25, -0.2) is 9.67 Å². The number of carbonyl (C=O) groups excluding carboxylic acids is 2. The molecule has 0 aliphatic heterocycles. The minimum atomic E-state index is -4.79. The molecule has 2 aromatic heterocycles. The molecular formula is C22H22ClF3N6O2S. The summed E-state index contributed by atoms with van der Waals surface area (Å²) in [6.45, 7) is 5.29. The van der Waals surface area contributed by atoms with E-state index in [0.717, 1.165) is 4.68 Å². The van der Waals surface area contributed by atoms with E-state index in [-0.39, 0.29) is 22.1 Å². The van der Waals surface area contributed by atoms with Gasteiger partial charge in [0.25, 0.3) is 11.8 Å². The lowest BCUT2D eigenvalue weighted by Gasteiger charge is -2.16. The summed E-state index contributed by atoms with van der Waals surface area (Å²) >= 11 is 7.34. The molecule has 0 fully saturated rings. The van der Waals surface area contributed by atoms with Gasteiger partial charge in [0, 0.05) is 23.0 Å². The van der Waals surface area contributed by atoms with Gasteiger partial charge in [-0.3, -0.25) is 15.0 Å². The lowest BCUT2D eigenvalue weighted by molar-refractivity contribution is -0.141. The topological polar surface area (TPSA) is 101 Å². The fraction of sp³-hybridized carbons (Fsp3) is 0.273. The Hall–Kier alpha value is -3.09. The molecule has 2 amide bonds. The molecule has 3 N–H and O–H groups in total. The van der Waals surface area contributed by atoms with Crippen LogP contribution in [0.25, 0.3) is 5.82 Å². The molecule has 186 valence electrons. The fourth-order valence-corrected chi connectivity index (χ4v) is 3.81. The average molecular weight is 527 g/mol. The average Bonchev–Trinajstić information content (AvgIpc) is 3.26. The zero-order valence-electron chi connectivity index (χ0n) is 19.0. The zero-order chi connectivity index (χ0) is 25.8. The normalized spacial score (nSPS) is 11.4. The Labute approximate surface area is 208 Å². The van der Waals surface area contributed by atoms with Gasteiger partial charge >= 0.3 is 6.18 Å². The van der Waals surface area contributed by atoms with Crippen LogP contribution in [0, 0.1) is 6.92 Å². The molecule has 3 rings (SSSR count). The van der Waals surface area contributed by atoms with E-state index in [1.807, 2.05) is 6.92 Å². The van der Waals surface area contributed by atoms with E-state index >= 15 is 0 Å². The Balaban J connectivity index is 2.06. The summed E-state index contributed by atoms with van der Waals surface area (Å²) in [6, 6.07) is 6.85. The van der Waals surface area contributed by atoms with Crippen molar-refractivity contribution in [3.63, 3.8) is 0 Å². The number of rotatable bonds is 8. The van der Waals surface area contributed by atoms with Gasteiger partial charge in [-0.05, 0) is 42.7 Å². The number of alkyl halides is 3. The summed E-state index contributed by atoms with van der Waals surface area (Å²) in [5, 5.41) is 6.43. The molecule has 13 heteroatoms.